The van der Waals surface area contributed by atoms with Crippen molar-refractivity contribution in [3.63, 3.8) is 0 Å². The molecule has 2 aliphatic carbocycles. The second-order valence-electron chi connectivity index (χ2n) is 6.61. The Hall–Kier alpha value is -0.130. The lowest BCUT2D eigenvalue weighted by Gasteiger charge is -2.52. The monoisotopic (exact) mass is 287 g/mol. The molecule has 0 amide bonds. The van der Waals surface area contributed by atoms with Crippen molar-refractivity contribution in [2.24, 2.45) is 11.3 Å². The van der Waals surface area contributed by atoms with Gasteiger partial charge in [-0.2, -0.15) is 0 Å². The van der Waals surface area contributed by atoms with Crippen LogP contribution in [0.2, 0.25) is 0 Å². The molecule has 1 aliphatic heterocycles. The third-order valence-electron chi connectivity index (χ3n) is 5.65. The number of hydrogen-bond acceptors (Lipinski definition) is 3. The molecule has 4 nitrogen and oxygen atoms in total. The smallest absolute Gasteiger partial charge is 0.217 e. The van der Waals surface area contributed by atoms with Gasteiger partial charge in [-0.1, -0.05) is 12.8 Å². The summed E-state index contributed by atoms with van der Waals surface area (Å²) in [6.45, 7) is 3.09. The minimum atomic E-state index is -3.21. The van der Waals surface area contributed by atoms with E-state index >= 15 is 0 Å². The van der Waals surface area contributed by atoms with Crippen molar-refractivity contribution in [3.05, 3.63) is 0 Å². The zero-order valence-corrected chi connectivity index (χ0v) is 12.5. The van der Waals surface area contributed by atoms with Crippen LogP contribution in [0.15, 0.2) is 0 Å². The molecule has 0 aromatic heterocycles. The average molecular weight is 287 g/mol. The Morgan fingerprint density at radius 2 is 1.95 bits per heavy atom. The Balaban J connectivity index is 1.61. The van der Waals surface area contributed by atoms with Gasteiger partial charge in [-0.3, -0.25) is 0 Å². The van der Waals surface area contributed by atoms with Gasteiger partial charge in [-0.25, -0.2) is 13.1 Å². The van der Waals surface area contributed by atoms with E-state index in [2.05, 4.69) is 4.72 Å². The van der Waals surface area contributed by atoms with Crippen molar-refractivity contribution in [2.75, 3.05) is 13.2 Å². The highest BCUT2D eigenvalue weighted by Gasteiger charge is 2.47. The molecule has 1 N–H and O–H groups in total. The van der Waals surface area contributed by atoms with Crippen LogP contribution in [-0.2, 0) is 14.8 Å². The fourth-order valence-electron chi connectivity index (χ4n) is 3.85. The van der Waals surface area contributed by atoms with Gasteiger partial charge in [0.2, 0.25) is 10.0 Å². The molecule has 2 atom stereocenters. The molecule has 3 rings (SSSR count). The Bertz CT molecular complexity index is 426. The summed E-state index contributed by atoms with van der Waals surface area (Å²) in [4.78, 5) is 0. The number of ether oxygens (including phenoxy) is 1. The Labute approximate surface area is 116 Å². The number of hydrogen-bond donors (Lipinski definition) is 1. The highest BCUT2D eigenvalue weighted by atomic mass is 32.2. The summed E-state index contributed by atoms with van der Waals surface area (Å²) in [6, 6.07) is 0. The maximum absolute atomic E-state index is 12.4. The molecule has 110 valence electrons. The van der Waals surface area contributed by atoms with Gasteiger partial charge in [0.05, 0.1) is 6.10 Å². The van der Waals surface area contributed by atoms with Crippen molar-refractivity contribution < 1.29 is 13.2 Å². The molecule has 0 radical (unpaired) electrons. The molecule has 3 aliphatic rings. The van der Waals surface area contributed by atoms with E-state index in [1.165, 1.54) is 38.5 Å². The molecule has 3 fully saturated rings. The molecule has 0 aromatic rings. The van der Waals surface area contributed by atoms with Crippen LogP contribution in [0.3, 0.4) is 0 Å². The largest absolute Gasteiger partial charge is 0.377 e. The van der Waals surface area contributed by atoms with Crippen molar-refractivity contribution in [3.8, 4) is 0 Å². The molecule has 0 bridgehead atoms. The molecule has 19 heavy (non-hydrogen) atoms. The Morgan fingerprint density at radius 3 is 2.37 bits per heavy atom. The lowest BCUT2D eigenvalue weighted by molar-refractivity contribution is 0.00760. The zero-order chi connectivity index (χ0) is 13.5. The van der Waals surface area contributed by atoms with E-state index in [1.807, 2.05) is 6.92 Å². The summed E-state index contributed by atoms with van der Waals surface area (Å²) >= 11 is 0. The molecule has 5 heteroatoms. The number of rotatable bonds is 5. The van der Waals surface area contributed by atoms with Crippen molar-refractivity contribution in [1.29, 1.82) is 0 Å². The van der Waals surface area contributed by atoms with Crippen molar-refractivity contribution >= 4 is 10.0 Å². The minimum Gasteiger partial charge on any atom is -0.377 e. The Morgan fingerprint density at radius 1 is 1.21 bits per heavy atom. The first-order valence-electron chi connectivity index (χ1n) is 7.64. The SMILES string of the molecule is CC1OCCC1S(=O)(=O)NCC1(C2CCC2)CCC1. The quantitative estimate of drug-likeness (QED) is 0.842. The Kier molecular flexibility index (Phi) is 3.65. The van der Waals surface area contributed by atoms with E-state index in [0.717, 1.165) is 5.92 Å². The van der Waals surface area contributed by atoms with E-state index in [1.54, 1.807) is 0 Å². The molecular weight excluding hydrogens is 262 g/mol. The van der Waals surface area contributed by atoms with Crippen LogP contribution in [-0.4, -0.2) is 32.9 Å². The standard InChI is InChI=1S/C14H25NO3S/c1-11-13(6-9-18-11)19(16,17)15-10-14(7-3-8-14)12-4-2-5-12/h11-13,15H,2-10H2,1H3. The van der Waals surface area contributed by atoms with Crippen LogP contribution in [0.25, 0.3) is 0 Å². The van der Waals surface area contributed by atoms with E-state index in [4.69, 9.17) is 4.74 Å². The zero-order valence-electron chi connectivity index (χ0n) is 11.7. The normalized spacial score (nSPS) is 34.8. The van der Waals surface area contributed by atoms with Gasteiger partial charge < -0.3 is 4.74 Å². The molecule has 0 spiro atoms. The van der Waals surface area contributed by atoms with Crippen molar-refractivity contribution in [1.82, 2.24) is 4.72 Å². The summed E-state index contributed by atoms with van der Waals surface area (Å²) in [7, 11) is -3.21. The molecule has 2 unspecified atom stereocenters. The highest BCUT2D eigenvalue weighted by Crippen LogP contribution is 2.54. The van der Waals surface area contributed by atoms with Crippen LogP contribution < -0.4 is 4.72 Å². The predicted octanol–water partition coefficient (Wildman–Crippen LogP) is 2.05. The second kappa shape index (κ2) is 5.01. The molecule has 0 aromatic carbocycles. The average Bonchev–Trinajstić information content (AvgIpc) is 2.66. The first kappa shape index (κ1) is 13.8. The topological polar surface area (TPSA) is 55.4 Å². The summed E-state index contributed by atoms with van der Waals surface area (Å²) in [5, 5.41) is -0.356. The van der Waals surface area contributed by atoms with Crippen molar-refractivity contribution in [2.45, 2.75) is 63.2 Å². The van der Waals surface area contributed by atoms with E-state index in [9.17, 15) is 8.42 Å². The first-order chi connectivity index (χ1) is 9.04. The lowest BCUT2D eigenvalue weighted by atomic mass is 9.55. The van der Waals surface area contributed by atoms with Gasteiger partial charge in [-0.05, 0) is 50.4 Å². The molecule has 2 saturated carbocycles. The second-order valence-corrected chi connectivity index (χ2v) is 8.60. The third kappa shape index (κ3) is 2.45. The van der Waals surface area contributed by atoms with Gasteiger partial charge in [0.1, 0.15) is 5.25 Å². The third-order valence-corrected chi connectivity index (χ3v) is 7.61. The van der Waals surface area contributed by atoms with Gasteiger partial charge in [0, 0.05) is 13.2 Å². The van der Waals surface area contributed by atoms with E-state index in [-0.39, 0.29) is 16.8 Å². The molecule has 1 saturated heterocycles. The minimum absolute atomic E-state index is 0.168. The maximum Gasteiger partial charge on any atom is 0.217 e. The van der Waals surface area contributed by atoms with Crippen LogP contribution in [0.1, 0.15) is 51.9 Å². The summed E-state index contributed by atoms with van der Waals surface area (Å²) < 4.78 is 33.0. The maximum atomic E-state index is 12.4. The predicted molar refractivity (Wildman–Crippen MR) is 74.4 cm³/mol. The molecular formula is C14H25NO3S. The summed E-state index contributed by atoms with van der Waals surface area (Å²) in [5.74, 6) is 0.765. The van der Waals surface area contributed by atoms with Gasteiger partial charge >= 0.3 is 0 Å². The van der Waals surface area contributed by atoms with Crippen LogP contribution in [0.4, 0.5) is 0 Å². The number of nitrogens with one attached hydrogen (secondary N) is 1. The van der Waals surface area contributed by atoms with Gasteiger partial charge in [0.25, 0.3) is 0 Å². The fraction of sp³-hybridized carbons (Fsp3) is 1.00. The van der Waals surface area contributed by atoms with Crippen LogP contribution >= 0.6 is 0 Å². The molecule has 1 heterocycles. The van der Waals surface area contributed by atoms with E-state index < -0.39 is 10.0 Å². The van der Waals surface area contributed by atoms with Gasteiger partial charge in [0.15, 0.2) is 0 Å². The van der Waals surface area contributed by atoms with Crippen LogP contribution in [0.5, 0.6) is 0 Å². The lowest BCUT2D eigenvalue weighted by Crippen LogP contribution is -2.51. The number of sulfonamides is 1. The van der Waals surface area contributed by atoms with Crippen LogP contribution in [0, 0.1) is 11.3 Å². The van der Waals surface area contributed by atoms with E-state index in [0.29, 0.717) is 19.6 Å². The van der Waals surface area contributed by atoms with Gasteiger partial charge in [-0.15, -0.1) is 0 Å². The first-order valence-corrected chi connectivity index (χ1v) is 9.18. The summed E-state index contributed by atoms with van der Waals surface area (Å²) in [5.41, 5.74) is 0.286. The summed E-state index contributed by atoms with van der Waals surface area (Å²) in [6.07, 6.45) is 8.06. The highest BCUT2D eigenvalue weighted by molar-refractivity contribution is 7.90. The fourth-order valence-corrected chi connectivity index (χ4v) is 5.54.